The summed E-state index contributed by atoms with van der Waals surface area (Å²) in [6.07, 6.45) is 0. The Balaban J connectivity index is 2.16. The largest absolute Gasteiger partial charge is 0.398 e. The van der Waals surface area contributed by atoms with Crippen molar-refractivity contribution in [3.05, 3.63) is 59.1 Å². The third-order valence-electron chi connectivity index (χ3n) is 2.29. The van der Waals surface area contributed by atoms with Crippen molar-refractivity contribution in [2.75, 3.05) is 11.1 Å². The van der Waals surface area contributed by atoms with Crippen molar-refractivity contribution in [3.8, 4) is 0 Å². The molecular weight excluding hydrogens is 236 g/mol. The van der Waals surface area contributed by atoms with Crippen LogP contribution in [0.2, 0.25) is 5.02 Å². The molecule has 2 aromatic carbocycles. The van der Waals surface area contributed by atoms with E-state index >= 15 is 0 Å². The molecule has 2 aromatic rings. The SMILES string of the molecule is Nc1ccc(NC(=O)c2ccccc2)cc1Cl. The van der Waals surface area contributed by atoms with Gasteiger partial charge in [0.2, 0.25) is 0 Å². The molecular formula is C13H11ClN2O. The van der Waals surface area contributed by atoms with Crippen LogP contribution in [0.25, 0.3) is 0 Å². The molecule has 0 aliphatic heterocycles. The number of benzene rings is 2. The molecule has 3 N–H and O–H groups in total. The number of halogens is 1. The van der Waals surface area contributed by atoms with Gasteiger partial charge in [0.05, 0.1) is 10.7 Å². The molecule has 2 rings (SSSR count). The quantitative estimate of drug-likeness (QED) is 0.800. The number of carbonyl (C=O) groups is 1. The van der Waals surface area contributed by atoms with Gasteiger partial charge in [-0.1, -0.05) is 29.8 Å². The Morgan fingerprint density at radius 2 is 1.82 bits per heavy atom. The lowest BCUT2D eigenvalue weighted by atomic mass is 10.2. The fourth-order valence-electron chi connectivity index (χ4n) is 1.40. The van der Waals surface area contributed by atoms with Gasteiger partial charge in [-0.25, -0.2) is 0 Å². The molecule has 17 heavy (non-hydrogen) atoms. The molecule has 86 valence electrons. The van der Waals surface area contributed by atoms with E-state index in [1.807, 2.05) is 18.2 Å². The summed E-state index contributed by atoms with van der Waals surface area (Å²) in [5.41, 5.74) is 7.30. The summed E-state index contributed by atoms with van der Waals surface area (Å²) in [7, 11) is 0. The number of rotatable bonds is 2. The highest BCUT2D eigenvalue weighted by Crippen LogP contribution is 2.22. The Kier molecular flexibility index (Phi) is 3.30. The molecule has 1 amide bonds. The van der Waals surface area contributed by atoms with E-state index < -0.39 is 0 Å². The number of nitrogen functional groups attached to an aromatic ring is 1. The van der Waals surface area contributed by atoms with E-state index in [-0.39, 0.29) is 5.91 Å². The lowest BCUT2D eigenvalue weighted by Crippen LogP contribution is -2.11. The number of amides is 1. The van der Waals surface area contributed by atoms with Gasteiger partial charge < -0.3 is 11.1 Å². The molecule has 0 fully saturated rings. The topological polar surface area (TPSA) is 55.1 Å². The van der Waals surface area contributed by atoms with E-state index in [2.05, 4.69) is 5.32 Å². The Labute approximate surface area is 104 Å². The fourth-order valence-corrected chi connectivity index (χ4v) is 1.58. The molecule has 0 aliphatic rings. The summed E-state index contributed by atoms with van der Waals surface area (Å²) >= 11 is 5.87. The average molecular weight is 247 g/mol. The number of carbonyl (C=O) groups excluding carboxylic acids is 1. The predicted octanol–water partition coefficient (Wildman–Crippen LogP) is 3.17. The summed E-state index contributed by atoms with van der Waals surface area (Å²) in [6, 6.07) is 14.0. The molecule has 4 heteroatoms. The first kappa shape index (κ1) is 11.5. The monoisotopic (exact) mass is 246 g/mol. The number of nitrogens with two attached hydrogens (primary N) is 1. The molecule has 0 unspecified atom stereocenters. The van der Waals surface area contributed by atoms with Gasteiger partial charge in [-0.05, 0) is 30.3 Å². The normalized spacial score (nSPS) is 9.94. The Hall–Kier alpha value is -2.00. The summed E-state index contributed by atoms with van der Waals surface area (Å²) in [4.78, 5) is 11.8. The van der Waals surface area contributed by atoms with Crippen LogP contribution in [0.5, 0.6) is 0 Å². The van der Waals surface area contributed by atoms with Crippen molar-refractivity contribution in [1.82, 2.24) is 0 Å². The third kappa shape index (κ3) is 2.77. The molecule has 0 aliphatic carbocycles. The standard InChI is InChI=1S/C13H11ClN2O/c14-11-8-10(6-7-12(11)15)16-13(17)9-4-2-1-3-5-9/h1-8H,15H2,(H,16,17). The van der Waals surface area contributed by atoms with E-state index in [4.69, 9.17) is 17.3 Å². The van der Waals surface area contributed by atoms with Crippen LogP contribution in [-0.2, 0) is 0 Å². The summed E-state index contributed by atoms with van der Waals surface area (Å²) in [5.74, 6) is -0.175. The maximum atomic E-state index is 11.8. The fraction of sp³-hybridized carbons (Fsp3) is 0. The van der Waals surface area contributed by atoms with Crippen molar-refractivity contribution in [1.29, 1.82) is 0 Å². The second-order valence-corrected chi connectivity index (χ2v) is 3.96. The van der Waals surface area contributed by atoms with Gasteiger partial charge in [-0.2, -0.15) is 0 Å². The second-order valence-electron chi connectivity index (χ2n) is 3.56. The smallest absolute Gasteiger partial charge is 0.255 e. The second kappa shape index (κ2) is 4.89. The van der Waals surface area contributed by atoms with Crippen LogP contribution in [-0.4, -0.2) is 5.91 Å². The number of nitrogens with one attached hydrogen (secondary N) is 1. The lowest BCUT2D eigenvalue weighted by Gasteiger charge is -2.06. The molecule has 0 saturated heterocycles. The highest BCUT2D eigenvalue weighted by molar-refractivity contribution is 6.33. The lowest BCUT2D eigenvalue weighted by molar-refractivity contribution is 0.102. The van der Waals surface area contributed by atoms with Gasteiger partial charge in [0.25, 0.3) is 5.91 Å². The minimum absolute atomic E-state index is 0.175. The van der Waals surface area contributed by atoms with Crippen LogP contribution >= 0.6 is 11.6 Å². The van der Waals surface area contributed by atoms with Crippen molar-refractivity contribution >= 4 is 28.9 Å². The maximum Gasteiger partial charge on any atom is 0.255 e. The Morgan fingerprint density at radius 3 is 2.47 bits per heavy atom. The van der Waals surface area contributed by atoms with E-state index in [1.54, 1.807) is 30.3 Å². The first-order valence-corrected chi connectivity index (χ1v) is 5.46. The number of hydrogen-bond donors (Lipinski definition) is 2. The van der Waals surface area contributed by atoms with Gasteiger partial charge in [0.1, 0.15) is 0 Å². The first-order valence-electron chi connectivity index (χ1n) is 5.08. The van der Waals surface area contributed by atoms with Crippen LogP contribution in [0, 0.1) is 0 Å². The number of hydrogen-bond acceptors (Lipinski definition) is 2. The van der Waals surface area contributed by atoms with Crippen LogP contribution in [0.1, 0.15) is 10.4 Å². The van der Waals surface area contributed by atoms with E-state index in [9.17, 15) is 4.79 Å². The Bertz CT molecular complexity index is 540. The minimum Gasteiger partial charge on any atom is -0.398 e. The zero-order chi connectivity index (χ0) is 12.3. The molecule has 0 saturated carbocycles. The highest BCUT2D eigenvalue weighted by Gasteiger charge is 2.05. The molecule has 0 atom stereocenters. The average Bonchev–Trinajstić information content (AvgIpc) is 2.35. The molecule has 0 bridgehead atoms. The van der Waals surface area contributed by atoms with Gasteiger partial charge in [0, 0.05) is 11.3 Å². The zero-order valence-corrected chi connectivity index (χ0v) is 9.74. The molecule has 0 radical (unpaired) electrons. The summed E-state index contributed by atoms with van der Waals surface area (Å²) in [5, 5.41) is 3.17. The zero-order valence-electron chi connectivity index (χ0n) is 8.98. The van der Waals surface area contributed by atoms with Gasteiger partial charge >= 0.3 is 0 Å². The van der Waals surface area contributed by atoms with Crippen molar-refractivity contribution in [2.24, 2.45) is 0 Å². The molecule has 0 spiro atoms. The van der Waals surface area contributed by atoms with Gasteiger partial charge in [-0.15, -0.1) is 0 Å². The Morgan fingerprint density at radius 1 is 1.12 bits per heavy atom. The van der Waals surface area contributed by atoms with Crippen LogP contribution < -0.4 is 11.1 Å². The molecule has 3 nitrogen and oxygen atoms in total. The predicted molar refractivity (Wildman–Crippen MR) is 70.3 cm³/mol. The van der Waals surface area contributed by atoms with Crippen molar-refractivity contribution in [3.63, 3.8) is 0 Å². The van der Waals surface area contributed by atoms with Crippen LogP contribution in [0.15, 0.2) is 48.5 Å². The minimum atomic E-state index is -0.175. The highest BCUT2D eigenvalue weighted by atomic mass is 35.5. The summed E-state index contributed by atoms with van der Waals surface area (Å²) < 4.78 is 0. The maximum absolute atomic E-state index is 11.8. The van der Waals surface area contributed by atoms with Crippen molar-refractivity contribution < 1.29 is 4.79 Å². The van der Waals surface area contributed by atoms with E-state index in [0.717, 1.165) is 0 Å². The van der Waals surface area contributed by atoms with Crippen LogP contribution in [0.3, 0.4) is 0 Å². The van der Waals surface area contributed by atoms with Gasteiger partial charge in [-0.3, -0.25) is 4.79 Å². The van der Waals surface area contributed by atoms with Gasteiger partial charge in [0.15, 0.2) is 0 Å². The van der Waals surface area contributed by atoms with Crippen LogP contribution in [0.4, 0.5) is 11.4 Å². The van der Waals surface area contributed by atoms with Crippen molar-refractivity contribution in [2.45, 2.75) is 0 Å². The first-order chi connectivity index (χ1) is 8.16. The molecule has 0 aromatic heterocycles. The van der Waals surface area contributed by atoms with E-state index in [0.29, 0.717) is 22.0 Å². The third-order valence-corrected chi connectivity index (χ3v) is 2.62. The molecule has 0 heterocycles. The van der Waals surface area contributed by atoms with E-state index in [1.165, 1.54) is 0 Å². The summed E-state index contributed by atoms with van der Waals surface area (Å²) in [6.45, 7) is 0. The number of anilines is 2.